The second-order valence-electron chi connectivity index (χ2n) is 5.65. The summed E-state index contributed by atoms with van der Waals surface area (Å²) in [6, 6.07) is 13.6. The van der Waals surface area contributed by atoms with E-state index in [4.69, 9.17) is 9.47 Å². The maximum absolute atomic E-state index is 12.3. The van der Waals surface area contributed by atoms with Crippen molar-refractivity contribution in [2.24, 2.45) is 0 Å². The Morgan fingerprint density at radius 3 is 2.40 bits per heavy atom. The molecule has 1 amide bonds. The molecule has 132 valence electrons. The lowest BCUT2D eigenvalue weighted by Crippen LogP contribution is -2.12. The molecule has 0 aromatic heterocycles. The molecule has 0 aliphatic carbocycles. The molecule has 0 fully saturated rings. The fourth-order valence-electron chi connectivity index (χ4n) is 2.24. The first-order chi connectivity index (χ1) is 12.1. The van der Waals surface area contributed by atoms with Crippen LogP contribution in [-0.4, -0.2) is 18.5 Å². The second kappa shape index (κ2) is 9.47. The molecule has 2 rings (SSSR count). The van der Waals surface area contributed by atoms with Gasteiger partial charge in [-0.1, -0.05) is 31.9 Å². The zero-order chi connectivity index (χ0) is 18.1. The molecule has 0 atom stereocenters. The number of esters is 1. The smallest absolute Gasteiger partial charge is 0.343 e. The summed E-state index contributed by atoms with van der Waals surface area (Å²) < 4.78 is 11.0. The van der Waals surface area contributed by atoms with Crippen LogP contribution in [0.25, 0.3) is 0 Å². The number of rotatable bonds is 8. The van der Waals surface area contributed by atoms with Crippen LogP contribution in [0.15, 0.2) is 48.5 Å². The molecular formula is C20H23NO4. The van der Waals surface area contributed by atoms with Gasteiger partial charge in [-0.3, -0.25) is 4.79 Å². The molecule has 5 nitrogen and oxygen atoms in total. The van der Waals surface area contributed by atoms with Gasteiger partial charge in [-0.25, -0.2) is 4.79 Å². The number of benzene rings is 2. The maximum Gasteiger partial charge on any atom is 0.343 e. The van der Waals surface area contributed by atoms with Gasteiger partial charge in [0.15, 0.2) is 5.75 Å². The third-order valence-electron chi connectivity index (χ3n) is 3.51. The molecular weight excluding hydrogens is 318 g/mol. The molecule has 0 bridgehead atoms. The normalized spacial score (nSPS) is 10.2. The molecule has 0 saturated carbocycles. The highest BCUT2D eigenvalue weighted by molar-refractivity contribution is 5.94. The first kappa shape index (κ1) is 18.5. The Morgan fingerprint density at radius 1 is 1.00 bits per heavy atom. The predicted molar refractivity (Wildman–Crippen MR) is 97.2 cm³/mol. The molecule has 0 saturated heterocycles. The average molecular weight is 341 g/mol. The molecule has 2 aromatic rings. The van der Waals surface area contributed by atoms with Crippen molar-refractivity contribution in [3.63, 3.8) is 0 Å². The van der Waals surface area contributed by atoms with Crippen molar-refractivity contribution in [2.75, 3.05) is 11.9 Å². The van der Waals surface area contributed by atoms with E-state index in [1.54, 1.807) is 48.5 Å². The number of nitrogens with one attached hydrogen (secondary N) is 1. The molecule has 5 heteroatoms. The molecule has 25 heavy (non-hydrogen) atoms. The lowest BCUT2D eigenvalue weighted by Gasteiger charge is -2.10. The van der Waals surface area contributed by atoms with E-state index in [0.29, 0.717) is 23.6 Å². The summed E-state index contributed by atoms with van der Waals surface area (Å²) in [5.41, 5.74) is 0.873. The van der Waals surface area contributed by atoms with Gasteiger partial charge < -0.3 is 14.8 Å². The number of anilines is 1. The topological polar surface area (TPSA) is 64.6 Å². The van der Waals surface area contributed by atoms with Crippen LogP contribution in [0.3, 0.4) is 0 Å². The standard InChI is InChI=1S/C20H23NO4/c1-3-4-7-14-24-17-12-10-16(11-13-17)20(23)25-19-9-6-5-8-18(19)21-15(2)22/h5-6,8-13H,3-4,7,14H2,1-2H3,(H,21,22). The summed E-state index contributed by atoms with van der Waals surface area (Å²) in [5.74, 6) is 0.317. The average Bonchev–Trinajstić information content (AvgIpc) is 2.60. The van der Waals surface area contributed by atoms with Gasteiger partial charge in [0.1, 0.15) is 5.75 Å². The third kappa shape index (κ3) is 5.95. The summed E-state index contributed by atoms with van der Waals surface area (Å²) in [7, 11) is 0. The Bertz CT molecular complexity index is 710. The molecule has 2 aromatic carbocycles. The Morgan fingerprint density at radius 2 is 1.72 bits per heavy atom. The van der Waals surface area contributed by atoms with E-state index in [9.17, 15) is 9.59 Å². The molecule has 0 aliphatic heterocycles. The number of unbranched alkanes of at least 4 members (excludes halogenated alkanes) is 2. The molecule has 0 unspecified atom stereocenters. The van der Waals surface area contributed by atoms with Crippen molar-refractivity contribution >= 4 is 17.6 Å². The van der Waals surface area contributed by atoms with Crippen molar-refractivity contribution in [1.29, 1.82) is 0 Å². The second-order valence-corrected chi connectivity index (χ2v) is 5.65. The highest BCUT2D eigenvalue weighted by Crippen LogP contribution is 2.25. The van der Waals surface area contributed by atoms with Crippen LogP contribution < -0.4 is 14.8 Å². The first-order valence-corrected chi connectivity index (χ1v) is 8.42. The molecule has 0 radical (unpaired) electrons. The maximum atomic E-state index is 12.3. The lowest BCUT2D eigenvalue weighted by molar-refractivity contribution is -0.114. The van der Waals surface area contributed by atoms with Gasteiger partial charge in [-0.2, -0.15) is 0 Å². The van der Waals surface area contributed by atoms with Crippen molar-refractivity contribution < 1.29 is 19.1 Å². The summed E-state index contributed by atoms with van der Waals surface area (Å²) in [4.78, 5) is 23.5. The highest BCUT2D eigenvalue weighted by atomic mass is 16.5. The summed E-state index contributed by atoms with van der Waals surface area (Å²) in [5, 5.41) is 2.64. The summed E-state index contributed by atoms with van der Waals surface area (Å²) >= 11 is 0. The largest absolute Gasteiger partial charge is 0.494 e. The van der Waals surface area contributed by atoms with Gasteiger partial charge >= 0.3 is 5.97 Å². The number of carbonyl (C=O) groups excluding carboxylic acids is 2. The Balaban J connectivity index is 1.98. The van der Waals surface area contributed by atoms with E-state index in [0.717, 1.165) is 25.0 Å². The Kier molecular flexibility index (Phi) is 7.01. The minimum atomic E-state index is -0.490. The van der Waals surface area contributed by atoms with Crippen LogP contribution in [0.2, 0.25) is 0 Å². The van der Waals surface area contributed by atoms with E-state index in [2.05, 4.69) is 12.2 Å². The van der Waals surface area contributed by atoms with Gasteiger partial charge in [-0.05, 0) is 42.8 Å². The molecule has 0 heterocycles. The number of ether oxygens (including phenoxy) is 2. The number of amides is 1. The third-order valence-corrected chi connectivity index (χ3v) is 3.51. The minimum absolute atomic E-state index is 0.229. The van der Waals surface area contributed by atoms with Crippen LogP contribution in [0.5, 0.6) is 11.5 Å². The van der Waals surface area contributed by atoms with Gasteiger partial charge in [-0.15, -0.1) is 0 Å². The molecule has 1 N–H and O–H groups in total. The lowest BCUT2D eigenvalue weighted by atomic mass is 10.2. The van der Waals surface area contributed by atoms with Gasteiger partial charge in [0.2, 0.25) is 5.91 Å². The predicted octanol–water partition coefficient (Wildman–Crippen LogP) is 4.43. The van der Waals surface area contributed by atoms with E-state index in [1.165, 1.54) is 6.92 Å². The van der Waals surface area contributed by atoms with Crippen molar-refractivity contribution in [1.82, 2.24) is 0 Å². The number of para-hydroxylation sites is 2. The Hall–Kier alpha value is -2.82. The minimum Gasteiger partial charge on any atom is -0.494 e. The Labute approximate surface area is 148 Å². The van der Waals surface area contributed by atoms with Crippen LogP contribution >= 0.6 is 0 Å². The van der Waals surface area contributed by atoms with Gasteiger partial charge in [0.25, 0.3) is 0 Å². The SMILES string of the molecule is CCCCCOc1ccc(C(=O)Oc2ccccc2NC(C)=O)cc1. The van der Waals surface area contributed by atoms with Gasteiger partial charge in [0.05, 0.1) is 17.9 Å². The number of carbonyl (C=O) groups is 2. The fraction of sp³-hybridized carbons (Fsp3) is 0.300. The number of hydrogen-bond acceptors (Lipinski definition) is 4. The van der Waals surface area contributed by atoms with Crippen LogP contribution in [0.4, 0.5) is 5.69 Å². The van der Waals surface area contributed by atoms with Gasteiger partial charge in [0, 0.05) is 6.92 Å². The van der Waals surface area contributed by atoms with Crippen molar-refractivity contribution in [3.8, 4) is 11.5 Å². The number of hydrogen-bond donors (Lipinski definition) is 1. The van der Waals surface area contributed by atoms with E-state index in [-0.39, 0.29) is 5.91 Å². The van der Waals surface area contributed by atoms with E-state index < -0.39 is 5.97 Å². The summed E-state index contributed by atoms with van der Waals surface area (Å²) in [6.45, 7) is 4.21. The van der Waals surface area contributed by atoms with Crippen LogP contribution in [0.1, 0.15) is 43.5 Å². The summed E-state index contributed by atoms with van der Waals surface area (Å²) in [6.07, 6.45) is 3.30. The van der Waals surface area contributed by atoms with Crippen LogP contribution in [-0.2, 0) is 4.79 Å². The monoisotopic (exact) mass is 341 g/mol. The van der Waals surface area contributed by atoms with Crippen LogP contribution in [0, 0.1) is 0 Å². The van der Waals surface area contributed by atoms with Crippen molar-refractivity contribution in [3.05, 3.63) is 54.1 Å². The first-order valence-electron chi connectivity index (χ1n) is 8.42. The van der Waals surface area contributed by atoms with E-state index in [1.807, 2.05) is 0 Å². The van der Waals surface area contributed by atoms with Crippen molar-refractivity contribution in [2.45, 2.75) is 33.1 Å². The molecule has 0 aliphatic rings. The quantitative estimate of drug-likeness (QED) is 0.438. The zero-order valence-electron chi connectivity index (χ0n) is 14.6. The van der Waals surface area contributed by atoms with E-state index >= 15 is 0 Å². The highest BCUT2D eigenvalue weighted by Gasteiger charge is 2.12. The molecule has 0 spiro atoms. The zero-order valence-corrected chi connectivity index (χ0v) is 14.6. The fourth-order valence-corrected chi connectivity index (χ4v) is 2.24.